The molecule has 0 saturated carbocycles. The summed E-state index contributed by atoms with van der Waals surface area (Å²) >= 11 is 7.31. The van der Waals surface area contributed by atoms with Crippen LogP contribution in [0.1, 0.15) is 36.0 Å². The Kier molecular flexibility index (Phi) is 5.67. The fourth-order valence-electron chi connectivity index (χ4n) is 2.66. The van der Waals surface area contributed by atoms with Gasteiger partial charge in [0, 0.05) is 18.7 Å². The Morgan fingerprint density at radius 1 is 1.20 bits per heavy atom. The molecule has 0 radical (unpaired) electrons. The quantitative estimate of drug-likeness (QED) is 0.851. The molecule has 1 aromatic heterocycles. The third kappa shape index (κ3) is 4.17. The molecule has 3 rings (SSSR count). The highest BCUT2D eigenvalue weighted by Crippen LogP contribution is 2.28. The highest BCUT2D eigenvalue weighted by Gasteiger charge is 2.28. The second-order valence-corrected chi connectivity index (χ2v) is 8.81. The smallest absolute Gasteiger partial charge is 0.257 e. The lowest BCUT2D eigenvalue weighted by Gasteiger charge is -2.21. The van der Waals surface area contributed by atoms with Gasteiger partial charge in [0.2, 0.25) is 15.2 Å². The molecule has 0 bridgehead atoms. The third-order valence-corrected chi connectivity index (χ3v) is 6.94. The van der Waals surface area contributed by atoms with Gasteiger partial charge in [0.1, 0.15) is 10.4 Å². The molecule has 1 N–H and O–H groups in total. The van der Waals surface area contributed by atoms with Crippen LogP contribution in [0.5, 0.6) is 0 Å². The summed E-state index contributed by atoms with van der Waals surface area (Å²) < 4.78 is 27.3. The molecule has 1 aliphatic rings. The highest BCUT2D eigenvalue weighted by atomic mass is 35.5. The van der Waals surface area contributed by atoms with Gasteiger partial charge in [-0.25, -0.2) is 8.42 Å². The van der Waals surface area contributed by atoms with Gasteiger partial charge in [-0.3, -0.25) is 10.1 Å². The molecular formula is C15H17ClN4O3S2. The van der Waals surface area contributed by atoms with Crippen molar-refractivity contribution in [2.45, 2.75) is 30.6 Å². The number of nitrogens with zero attached hydrogens (tertiary/aromatic N) is 3. The van der Waals surface area contributed by atoms with Crippen molar-refractivity contribution in [3.05, 3.63) is 34.3 Å². The lowest BCUT2D eigenvalue weighted by atomic mass is 10.2. The fraction of sp³-hybridized carbons (Fsp3) is 0.400. The predicted octanol–water partition coefficient (Wildman–Crippen LogP) is 3.01. The van der Waals surface area contributed by atoms with Crippen molar-refractivity contribution in [1.82, 2.24) is 14.5 Å². The van der Waals surface area contributed by atoms with Crippen LogP contribution in [0.4, 0.5) is 5.13 Å². The van der Waals surface area contributed by atoms with Gasteiger partial charge < -0.3 is 0 Å². The van der Waals surface area contributed by atoms with Gasteiger partial charge in [0.05, 0.1) is 5.02 Å². The van der Waals surface area contributed by atoms with Crippen molar-refractivity contribution in [3.63, 3.8) is 0 Å². The number of amides is 1. The Hall–Kier alpha value is -1.55. The molecule has 0 spiro atoms. The Labute approximate surface area is 155 Å². The van der Waals surface area contributed by atoms with Crippen molar-refractivity contribution >= 4 is 44.0 Å². The van der Waals surface area contributed by atoms with Crippen LogP contribution in [0.15, 0.2) is 28.6 Å². The van der Waals surface area contributed by atoms with Gasteiger partial charge in [-0.2, -0.15) is 4.31 Å². The maximum Gasteiger partial charge on any atom is 0.257 e. The number of carbonyl (C=O) groups is 1. The minimum atomic E-state index is -3.74. The van der Waals surface area contributed by atoms with E-state index in [1.807, 2.05) is 0 Å². The number of hydrogen-bond donors (Lipinski definition) is 1. The van der Waals surface area contributed by atoms with Crippen LogP contribution in [-0.4, -0.2) is 41.9 Å². The molecule has 1 saturated heterocycles. The van der Waals surface area contributed by atoms with E-state index in [1.165, 1.54) is 39.4 Å². The standard InChI is InChI=1S/C15H17ClN4O3S2/c16-12-6-5-11(14(21)18-15-19-17-10-24-15)9-13(12)25(22,23)20-7-3-1-2-4-8-20/h5-6,9-10H,1-4,7-8H2,(H,18,19,21). The van der Waals surface area contributed by atoms with E-state index in [0.717, 1.165) is 25.7 Å². The van der Waals surface area contributed by atoms with E-state index >= 15 is 0 Å². The van der Waals surface area contributed by atoms with Gasteiger partial charge in [0.15, 0.2) is 0 Å². The predicted molar refractivity (Wildman–Crippen MR) is 96.5 cm³/mol. The largest absolute Gasteiger partial charge is 0.296 e. The first-order valence-corrected chi connectivity index (χ1v) is 10.6. The summed E-state index contributed by atoms with van der Waals surface area (Å²) in [5.74, 6) is -0.458. The minimum Gasteiger partial charge on any atom is -0.296 e. The number of sulfonamides is 1. The Morgan fingerprint density at radius 2 is 1.92 bits per heavy atom. The first-order chi connectivity index (χ1) is 12.0. The zero-order valence-corrected chi connectivity index (χ0v) is 15.7. The average molecular weight is 401 g/mol. The van der Waals surface area contributed by atoms with Gasteiger partial charge in [-0.05, 0) is 31.0 Å². The van der Waals surface area contributed by atoms with Crippen molar-refractivity contribution in [2.24, 2.45) is 0 Å². The molecule has 2 heterocycles. The lowest BCUT2D eigenvalue weighted by Crippen LogP contribution is -2.32. The topological polar surface area (TPSA) is 92.3 Å². The zero-order chi connectivity index (χ0) is 17.9. The molecule has 0 atom stereocenters. The number of carbonyl (C=O) groups excluding carboxylic acids is 1. The molecule has 1 aromatic carbocycles. The van der Waals surface area contributed by atoms with Gasteiger partial charge in [-0.15, -0.1) is 10.2 Å². The normalized spacial score (nSPS) is 16.4. The number of nitrogens with one attached hydrogen (secondary N) is 1. The monoisotopic (exact) mass is 400 g/mol. The molecule has 2 aromatic rings. The maximum absolute atomic E-state index is 12.9. The molecule has 1 aliphatic heterocycles. The van der Waals surface area contributed by atoms with Crippen LogP contribution in [0.25, 0.3) is 0 Å². The van der Waals surface area contributed by atoms with Gasteiger partial charge in [0.25, 0.3) is 5.91 Å². The van der Waals surface area contributed by atoms with Crippen molar-refractivity contribution in [2.75, 3.05) is 18.4 Å². The molecular weight excluding hydrogens is 384 g/mol. The van der Waals surface area contributed by atoms with Crippen LogP contribution in [0.2, 0.25) is 5.02 Å². The van der Waals surface area contributed by atoms with Crippen LogP contribution in [-0.2, 0) is 10.0 Å². The number of anilines is 1. The molecule has 10 heteroatoms. The summed E-state index contributed by atoms with van der Waals surface area (Å²) in [5, 5.41) is 10.4. The minimum absolute atomic E-state index is 0.0408. The van der Waals surface area contributed by atoms with Gasteiger partial charge >= 0.3 is 0 Å². The molecule has 7 nitrogen and oxygen atoms in total. The molecule has 0 unspecified atom stereocenters. The summed E-state index contributed by atoms with van der Waals surface area (Å²) in [4.78, 5) is 12.3. The van der Waals surface area contributed by atoms with E-state index in [1.54, 1.807) is 0 Å². The summed E-state index contributed by atoms with van der Waals surface area (Å²) in [6.45, 7) is 0.944. The van der Waals surface area contributed by atoms with E-state index < -0.39 is 15.9 Å². The van der Waals surface area contributed by atoms with Gasteiger partial charge in [-0.1, -0.05) is 35.8 Å². The molecule has 1 fully saturated rings. The number of aromatic nitrogens is 2. The summed E-state index contributed by atoms with van der Waals surface area (Å²) in [7, 11) is -3.74. The number of rotatable bonds is 4. The maximum atomic E-state index is 12.9. The SMILES string of the molecule is O=C(Nc1nncs1)c1ccc(Cl)c(S(=O)(=O)N2CCCCCC2)c1. The average Bonchev–Trinajstić information content (AvgIpc) is 2.93. The summed E-state index contributed by atoms with van der Waals surface area (Å²) in [5.41, 5.74) is 1.69. The number of hydrogen-bond acceptors (Lipinski definition) is 6. The Bertz CT molecular complexity index is 848. The van der Waals surface area contributed by atoms with E-state index in [0.29, 0.717) is 18.2 Å². The van der Waals surface area contributed by atoms with Crippen LogP contribution >= 0.6 is 22.9 Å². The Morgan fingerprint density at radius 3 is 2.56 bits per heavy atom. The van der Waals surface area contributed by atoms with E-state index in [9.17, 15) is 13.2 Å². The second-order valence-electron chi connectivity index (χ2n) is 5.66. The van der Waals surface area contributed by atoms with Crippen molar-refractivity contribution in [1.29, 1.82) is 0 Å². The first-order valence-electron chi connectivity index (χ1n) is 7.86. The fourth-order valence-corrected chi connectivity index (χ4v) is 5.12. The van der Waals surface area contributed by atoms with Crippen LogP contribution in [0.3, 0.4) is 0 Å². The highest BCUT2D eigenvalue weighted by molar-refractivity contribution is 7.89. The summed E-state index contributed by atoms with van der Waals surface area (Å²) in [6, 6.07) is 4.24. The first kappa shape index (κ1) is 18.2. The van der Waals surface area contributed by atoms with E-state index in [4.69, 9.17) is 11.6 Å². The van der Waals surface area contributed by atoms with E-state index in [-0.39, 0.29) is 15.5 Å². The lowest BCUT2D eigenvalue weighted by molar-refractivity contribution is 0.102. The molecule has 1 amide bonds. The van der Waals surface area contributed by atoms with Crippen molar-refractivity contribution < 1.29 is 13.2 Å². The zero-order valence-electron chi connectivity index (χ0n) is 13.3. The second kappa shape index (κ2) is 7.77. The molecule has 25 heavy (non-hydrogen) atoms. The Balaban J connectivity index is 1.89. The molecule has 0 aliphatic carbocycles. The van der Waals surface area contributed by atoms with Crippen LogP contribution in [0, 0.1) is 0 Å². The third-order valence-electron chi connectivity index (χ3n) is 3.96. The number of benzene rings is 1. The van der Waals surface area contributed by atoms with Crippen LogP contribution < -0.4 is 5.32 Å². The molecule has 134 valence electrons. The van der Waals surface area contributed by atoms with E-state index in [2.05, 4.69) is 15.5 Å². The number of halogens is 1. The summed E-state index contributed by atoms with van der Waals surface area (Å²) in [6.07, 6.45) is 3.69. The van der Waals surface area contributed by atoms with Crippen molar-refractivity contribution in [3.8, 4) is 0 Å².